The summed E-state index contributed by atoms with van der Waals surface area (Å²) in [5.74, 6) is 0.876. The zero-order valence-electron chi connectivity index (χ0n) is 21.5. The summed E-state index contributed by atoms with van der Waals surface area (Å²) in [6.07, 6.45) is 7.58. The summed E-state index contributed by atoms with van der Waals surface area (Å²) in [4.78, 5) is 26.8. The molecular weight excluding hydrogens is 523 g/mol. The molecule has 0 radical (unpaired) electrons. The lowest BCUT2D eigenvalue weighted by atomic mass is 9.93. The van der Waals surface area contributed by atoms with E-state index in [1.54, 1.807) is 30.3 Å². The van der Waals surface area contributed by atoms with E-state index in [9.17, 15) is 14.9 Å². The van der Waals surface area contributed by atoms with Crippen molar-refractivity contribution in [2.45, 2.75) is 64.3 Å². The van der Waals surface area contributed by atoms with Gasteiger partial charge in [-0.3, -0.25) is 14.9 Å². The molecular formula is C30H32Cl2N2O4. The molecule has 0 saturated heterocycles. The van der Waals surface area contributed by atoms with Crippen LogP contribution in [0.1, 0.15) is 66.9 Å². The molecule has 200 valence electrons. The van der Waals surface area contributed by atoms with Crippen LogP contribution in [0.5, 0.6) is 11.5 Å². The highest BCUT2D eigenvalue weighted by Crippen LogP contribution is 2.34. The van der Waals surface area contributed by atoms with Crippen molar-refractivity contribution < 1.29 is 14.5 Å². The maximum absolute atomic E-state index is 13.5. The molecule has 38 heavy (non-hydrogen) atoms. The third-order valence-corrected chi connectivity index (χ3v) is 7.51. The molecule has 1 fully saturated rings. The number of hydrogen-bond acceptors (Lipinski definition) is 4. The molecule has 0 atom stereocenters. The maximum atomic E-state index is 13.5. The average Bonchev–Trinajstić information content (AvgIpc) is 2.93. The third kappa shape index (κ3) is 7.06. The Morgan fingerprint density at radius 2 is 1.82 bits per heavy atom. The number of benzene rings is 3. The molecule has 3 aromatic carbocycles. The fourth-order valence-electron chi connectivity index (χ4n) is 5.07. The quantitative estimate of drug-likeness (QED) is 0.185. The number of carbonyl (C=O) groups excluding carboxylic acids is 1. The smallest absolute Gasteiger partial charge is 0.272 e. The Bertz CT molecular complexity index is 1290. The van der Waals surface area contributed by atoms with Crippen molar-refractivity contribution in [1.82, 2.24) is 4.90 Å². The standard InChI is InChI=1S/C30H32Cl2N2O4/c1-2-17-33(25-9-4-3-5-10-25)30(35)23-8-6-7-21(18-23)11-12-22-19-26(14-16-28(22)34(36)37)38-29-20-24(31)13-15-27(29)32/h6-8,13-16,18-20,25H,2-5,9-12,17H2,1H3. The summed E-state index contributed by atoms with van der Waals surface area (Å²) >= 11 is 12.3. The van der Waals surface area contributed by atoms with Gasteiger partial charge in [0, 0.05) is 40.9 Å². The lowest BCUT2D eigenvalue weighted by Gasteiger charge is -2.34. The van der Waals surface area contributed by atoms with Crippen molar-refractivity contribution in [2.24, 2.45) is 0 Å². The monoisotopic (exact) mass is 554 g/mol. The normalized spacial score (nSPS) is 13.8. The number of nitro benzene ring substituents is 1. The summed E-state index contributed by atoms with van der Waals surface area (Å²) in [6.45, 7) is 2.86. The lowest BCUT2D eigenvalue weighted by Crippen LogP contribution is -2.42. The Morgan fingerprint density at radius 3 is 2.55 bits per heavy atom. The first-order valence-corrected chi connectivity index (χ1v) is 13.9. The molecule has 1 saturated carbocycles. The Balaban J connectivity index is 1.51. The van der Waals surface area contributed by atoms with Crippen molar-refractivity contribution in [3.05, 3.63) is 97.5 Å². The molecule has 4 rings (SSSR count). The summed E-state index contributed by atoms with van der Waals surface area (Å²) < 4.78 is 5.89. The van der Waals surface area contributed by atoms with Crippen molar-refractivity contribution in [3.8, 4) is 11.5 Å². The van der Waals surface area contributed by atoms with Gasteiger partial charge in [-0.2, -0.15) is 0 Å². The largest absolute Gasteiger partial charge is 0.456 e. The second kappa shape index (κ2) is 13.1. The first kappa shape index (κ1) is 27.9. The number of amides is 1. The van der Waals surface area contributed by atoms with Crippen LogP contribution in [-0.4, -0.2) is 28.3 Å². The number of hydrogen-bond donors (Lipinski definition) is 0. The summed E-state index contributed by atoms with van der Waals surface area (Å²) in [5, 5.41) is 12.6. The van der Waals surface area contributed by atoms with Gasteiger partial charge < -0.3 is 9.64 Å². The topological polar surface area (TPSA) is 72.7 Å². The summed E-state index contributed by atoms with van der Waals surface area (Å²) in [6, 6.07) is 17.5. The second-order valence-electron chi connectivity index (χ2n) is 9.72. The van der Waals surface area contributed by atoms with Gasteiger partial charge in [0.05, 0.1) is 9.95 Å². The number of nitro groups is 1. The van der Waals surface area contributed by atoms with E-state index in [1.807, 2.05) is 29.2 Å². The van der Waals surface area contributed by atoms with Crippen LogP contribution in [-0.2, 0) is 12.8 Å². The van der Waals surface area contributed by atoms with Crippen LogP contribution < -0.4 is 4.74 Å². The zero-order valence-corrected chi connectivity index (χ0v) is 23.0. The predicted octanol–water partition coefficient (Wildman–Crippen LogP) is 8.66. The highest BCUT2D eigenvalue weighted by Gasteiger charge is 2.26. The van der Waals surface area contributed by atoms with Crippen molar-refractivity contribution in [1.29, 1.82) is 0 Å². The first-order valence-electron chi connectivity index (χ1n) is 13.2. The van der Waals surface area contributed by atoms with Crippen molar-refractivity contribution in [2.75, 3.05) is 6.54 Å². The van der Waals surface area contributed by atoms with E-state index in [1.165, 1.54) is 25.3 Å². The number of nitrogens with zero attached hydrogens (tertiary/aromatic N) is 2. The maximum Gasteiger partial charge on any atom is 0.272 e. The van der Waals surface area contributed by atoms with Gasteiger partial charge in [-0.15, -0.1) is 0 Å². The molecule has 8 heteroatoms. The SMILES string of the molecule is CCCN(C(=O)c1cccc(CCc2cc(Oc3cc(Cl)ccc3Cl)ccc2[N+](=O)[O-])c1)C1CCCCC1. The van der Waals surface area contributed by atoms with E-state index in [4.69, 9.17) is 27.9 Å². The molecule has 1 aliphatic carbocycles. The molecule has 1 aliphatic rings. The van der Waals surface area contributed by atoms with Gasteiger partial charge >= 0.3 is 0 Å². The van der Waals surface area contributed by atoms with Crippen molar-refractivity contribution >= 4 is 34.8 Å². The average molecular weight is 556 g/mol. The Labute approximate surface area is 233 Å². The molecule has 3 aromatic rings. The fraction of sp³-hybridized carbons (Fsp3) is 0.367. The van der Waals surface area contributed by atoms with Crippen molar-refractivity contribution in [3.63, 3.8) is 0 Å². The van der Waals surface area contributed by atoms with Gasteiger partial charge in [-0.05, 0) is 74.1 Å². The molecule has 1 amide bonds. The Kier molecular flexibility index (Phi) is 9.64. The molecule has 0 unspecified atom stereocenters. The highest BCUT2D eigenvalue weighted by molar-refractivity contribution is 6.34. The van der Waals surface area contributed by atoms with Crippen LogP contribution in [0.25, 0.3) is 0 Å². The van der Waals surface area contributed by atoms with E-state index < -0.39 is 4.92 Å². The highest BCUT2D eigenvalue weighted by atomic mass is 35.5. The number of carbonyl (C=O) groups is 1. The van der Waals surface area contributed by atoms with Crippen LogP contribution in [0.2, 0.25) is 10.0 Å². The van der Waals surface area contributed by atoms with Crippen LogP contribution >= 0.6 is 23.2 Å². The minimum atomic E-state index is -0.391. The molecule has 0 heterocycles. The molecule has 0 aliphatic heterocycles. The van der Waals surface area contributed by atoms with E-state index >= 15 is 0 Å². The molecule has 0 spiro atoms. The van der Waals surface area contributed by atoms with Gasteiger partial charge in [-0.1, -0.05) is 61.5 Å². The molecule has 0 N–H and O–H groups in total. The van der Waals surface area contributed by atoms with Gasteiger partial charge in [-0.25, -0.2) is 0 Å². The van der Waals surface area contributed by atoms with E-state index in [0.717, 1.165) is 31.4 Å². The summed E-state index contributed by atoms with van der Waals surface area (Å²) in [5.41, 5.74) is 2.18. The number of halogens is 2. The van der Waals surface area contributed by atoms with Gasteiger partial charge in [0.2, 0.25) is 0 Å². The van der Waals surface area contributed by atoms with Crippen LogP contribution in [0.4, 0.5) is 5.69 Å². The third-order valence-electron chi connectivity index (χ3n) is 6.97. The second-order valence-corrected chi connectivity index (χ2v) is 10.6. The minimum Gasteiger partial charge on any atom is -0.456 e. The van der Waals surface area contributed by atoms with E-state index in [-0.39, 0.29) is 11.6 Å². The van der Waals surface area contributed by atoms with E-state index in [0.29, 0.717) is 51.6 Å². The number of aryl methyl sites for hydroxylation is 2. The van der Waals surface area contributed by atoms with Gasteiger partial charge in [0.25, 0.3) is 11.6 Å². The Hall–Kier alpha value is -3.09. The molecule has 0 aromatic heterocycles. The number of rotatable bonds is 10. The molecule has 6 nitrogen and oxygen atoms in total. The van der Waals surface area contributed by atoms with E-state index in [2.05, 4.69) is 6.92 Å². The Morgan fingerprint density at radius 1 is 1.03 bits per heavy atom. The molecule has 0 bridgehead atoms. The van der Waals surface area contributed by atoms with Crippen LogP contribution in [0, 0.1) is 10.1 Å². The summed E-state index contributed by atoms with van der Waals surface area (Å²) in [7, 11) is 0. The lowest BCUT2D eigenvalue weighted by molar-refractivity contribution is -0.385. The fourth-order valence-corrected chi connectivity index (χ4v) is 5.39. The van der Waals surface area contributed by atoms with Gasteiger partial charge in [0.15, 0.2) is 0 Å². The minimum absolute atomic E-state index is 0.0215. The van der Waals surface area contributed by atoms with Gasteiger partial charge in [0.1, 0.15) is 11.5 Å². The van der Waals surface area contributed by atoms with Crippen LogP contribution in [0.15, 0.2) is 60.7 Å². The predicted molar refractivity (Wildman–Crippen MR) is 152 cm³/mol. The zero-order chi connectivity index (χ0) is 27.1. The number of ether oxygens (including phenoxy) is 1. The van der Waals surface area contributed by atoms with Crippen LogP contribution in [0.3, 0.4) is 0 Å². The first-order chi connectivity index (χ1) is 18.4.